The van der Waals surface area contributed by atoms with E-state index in [4.69, 9.17) is 9.15 Å². The van der Waals surface area contributed by atoms with Crippen molar-refractivity contribution >= 4 is 0 Å². The van der Waals surface area contributed by atoms with Crippen molar-refractivity contribution in [3.05, 3.63) is 54.2 Å². The quantitative estimate of drug-likeness (QED) is 0.772. The second-order valence-electron chi connectivity index (χ2n) is 6.45. The Morgan fingerprint density at radius 1 is 1.24 bits per heavy atom. The largest absolute Gasteiger partial charge is 0.497 e. The zero-order valence-electron chi connectivity index (χ0n) is 14.3. The number of H-pyrrole nitrogens is 1. The lowest BCUT2D eigenvalue weighted by Gasteiger charge is -2.30. The molecule has 0 amide bonds. The summed E-state index contributed by atoms with van der Waals surface area (Å²) in [5.74, 6) is 2.10. The van der Waals surface area contributed by atoms with Gasteiger partial charge in [0.05, 0.1) is 19.0 Å². The summed E-state index contributed by atoms with van der Waals surface area (Å²) in [5, 5.41) is 6.97. The Bertz CT molecular complexity index is 787. The van der Waals surface area contributed by atoms with E-state index >= 15 is 0 Å². The Kier molecular flexibility index (Phi) is 4.52. The number of benzene rings is 1. The number of ether oxygens (including phenoxy) is 1. The molecule has 0 unspecified atom stereocenters. The number of oxazole rings is 1. The molecule has 0 aliphatic carbocycles. The van der Waals surface area contributed by atoms with Crippen LogP contribution in [0.15, 0.2) is 47.3 Å². The van der Waals surface area contributed by atoms with Crippen LogP contribution in [0.1, 0.15) is 30.0 Å². The van der Waals surface area contributed by atoms with E-state index in [1.165, 1.54) is 5.56 Å². The molecular weight excluding hydrogens is 316 g/mol. The number of aromatic amines is 1. The van der Waals surface area contributed by atoms with Gasteiger partial charge in [-0.2, -0.15) is 5.10 Å². The molecule has 1 N–H and O–H groups in total. The number of likely N-dealkylation sites (tertiary alicyclic amines) is 1. The highest BCUT2D eigenvalue weighted by Crippen LogP contribution is 2.28. The fourth-order valence-electron chi connectivity index (χ4n) is 3.38. The van der Waals surface area contributed by atoms with Crippen molar-refractivity contribution < 1.29 is 9.15 Å². The normalized spacial score (nSPS) is 16.2. The molecule has 2 aromatic heterocycles. The maximum absolute atomic E-state index is 5.65. The van der Waals surface area contributed by atoms with Crippen LogP contribution in [-0.2, 0) is 6.54 Å². The van der Waals surface area contributed by atoms with E-state index < -0.39 is 0 Å². The minimum absolute atomic E-state index is 0.613. The van der Waals surface area contributed by atoms with Gasteiger partial charge in [-0.15, -0.1) is 0 Å². The third kappa shape index (κ3) is 3.58. The molecule has 6 heteroatoms. The molecule has 0 spiro atoms. The summed E-state index contributed by atoms with van der Waals surface area (Å²) in [4.78, 5) is 7.07. The van der Waals surface area contributed by atoms with Crippen molar-refractivity contribution in [2.75, 3.05) is 20.2 Å². The minimum Gasteiger partial charge on any atom is -0.497 e. The van der Waals surface area contributed by atoms with Gasteiger partial charge in [-0.25, -0.2) is 4.98 Å². The summed E-state index contributed by atoms with van der Waals surface area (Å²) in [7, 11) is 1.66. The summed E-state index contributed by atoms with van der Waals surface area (Å²) in [6, 6.07) is 7.76. The molecule has 1 aliphatic heterocycles. The van der Waals surface area contributed by atoms with Gasteiger partial charge in [0.25, 0.3) is 0 Å². The van der Waals surface area contributed by atoms with Gasteiger partial charge < -0.3 is 9.15 Å². The number of nitrogens with zero attached hydrogens (tertiary/aromatic N) is 3. The standard InChI is InChI=1S/C19H22N4O2/c1-24-18-4-2-15(3-5-18)19-22-17(13-25-19)12-23-8-6-14(7-9-23)16-10-20-21-11-16/h2-5,10-11,13-14H,6-9,12H2,1H3,(H,20,21). The highest BCUT2D eigenvalue weighted by Gasteiger charge is 2.22. The lowest BCUT2D eigenvalue weighted by atomic mass is 9.91. The van der Waals surface area contributed by atoms with Crippen molar-refractivity contribution in [2.45, 2.75) is 25.3 Å². The van der Waals surface area contributed by atoms with E-state index in [9.17, 15) is 0 Å². The average molecular weight is 338 g/mol. The topological polar surface area (TPSA) is 67.2 Å². The third-order valence-corrected chi connectivity index (χ3v) is 4.85. The van der Waals surface area contributed by atoms with Crippen LogP contribution in [-0.4, -0.2) is 40.3 Å². The molecule has 3 aromatic rings. The van der Waals surface area contributed by atoms with Gasteiger partial charge >= 0.3 is 0 Å². The predicted molar refractivity (Wildman–Crippen MR) is 94.3 cm³/mol. The first kappa shape index (κ1) is 15.9. The van der Waals surface area contributed by atoms with E-state index in [0.717, 1.165) is 49.5 Å². The maximum Gasteiger partial charge on any atom is 0.226 e. The lowest BCUT2D eigenvalue weighted by Crippen LogP contribution is -2.32. The highest BCUT2D eigenvalue weighted by atomic mass is 16.5. The van der Waals surface area contributed by atoms with Gasteiger partial charge in [0.15, 0.2) is 0 Å². The molecule has 0 bridgehead atoms. The van der Waals surface area contributed by atoms with Gasteiger partial charge in [0.2, 0.25) is 5.89 Å². The first-order chi connectivity index (χ1) is 12.3. The molecule has 1 saturated heterocycles. The summed E-state index contributed by atoms with van der Waals surface area (Å²) in [6.07, 6.45) is 8.03. The zero-order valence-corrected chi connectivity index (χ0v) is 14.3. The molecule has 4 rings (SSSR count). The van der Waals surface area contributed by atoms with Crippen molar-refractivity contribution in [3.8, 4) is 17.2 Å². The highest BCUT2D eigenvalue weighted by molar-refractivity contribution is 5.54. The molecule has 1 aliphatic rings. The molecule has 0 saturated carbocycles. The number of hydrogen-bond acceptors (Lipinski definition) is 5. The molecule has 0 atom stereocenters. The SMILES string of the molecule is COc1ccc(-c2nc(CN3CCC(c4cn[nH]c4)CC3)co2)cc1. The number of methoxy groups -OCH3 is 1. The monoisotopic (exact) mass is 338 g/mol. The van der Waals surface area contributed by atoms with Crippen LogP contribution < -0.4 is 4.74 Å². The first-order valence-corrected chi connectivity index (χ1v) is 8.61. The van der Waals surface area contributed by atoms with Gasteiger partial charge in [-0.1, -0.05) is 0 Å². The van der Waals surface area contributed by atoms with Crippen LogP contribution in [0, 0.1) is 0 Å². The molecule has 6 nitrogen and oxygen atoms in total. The van der Waals surface area contributed by atoms with Gasteiger partial charge in [-0.3, -0.25) is 10.00 Å². The van der Waals surface area contributed by atoms with E-state index in [1.54, 1.807) is 13.4 Å². The molecule has 130 valence electrons. The first-order valence-electron chi connectivity index (χ1n) is 8.61. The predicted octanol–water partition coefficient (Wildman–Crippen LogP) is 3.45. The Morgan fingerprint density at radius 2 is 2.04 bits per heavy atom. The summed E-state index contributed by atoms with van der Waals surface area (Å²) in [5.41, 5.74) is 3.26. The number of aromatic nitrogens is 3. The second-order valence-corrected chi connectivity index (χ2v) is 6.45. The van der Waals surface area contributed by atoms with E-state index in [1.807, 2.05) is 36.7 Å². The van der Waals surface area contributed by atoms with Crippen LogP contribution in [0.4, 0.5) is 0 Å². The number of hydrogen-bond donors (Lipinski definition) is 1. The van der Waals surface area contributed by atoms with Gasteiger partial charge in [-0.05, 0) is 61.7 Å². The van der Waals surface area contributed by atoms with E-state index in [0.29, 0.717) is 11.8 Å². The maximum atomic E-state index is 5.65. The minimum atomic E-state index is 0.613. The lowest BCUT2D eigenvalue weighted by molar-refractivity contribution is 0.202. The fraction of sp³-hybridized carbons (Fsp3) is 0.368. The van der Waals surface area contributed by atoms with Gasteiger partial charge in [0.1, 0.15) is 12.0 Å². The Morgan fingerprint density at radius 3 is 2.72 bits per heavy atom. The van der Waals surface area contributed by atoms with Crippen LogP contribution in [0.5, 0.6) is 5.75 Å². The average Bonchev–Trinajstić information content (AvgIpc) is 3.35. The Labute approximate surface area is 146 Å². The van der Waals surface area contributed by atoms with Crippen molar-refractivity contribution in [3.63, 3.8) is 0 Å². The summed E-state index contributed by atoms with van der Waals surface area (Å²) >= 11 is 0. The van der Waals surface area contributed by atoms with Crippen LogP contribution in [0.3, 0.4) is 0 Å². The Hall–Kier alpha value is -2.60. The molecule has 3 heterocycles. The van der Waals surface area contributed by atoms with E-state index in [2.05, 4.69) is 20.1 Å². The van der Waals surface area contributed by atoms with Crippen LogP contribution in [0.25, 0.3) is 11.5 Å². The van der Waals surface area contributed by atoms with Crippen molar-refractivity contribution in [2.24, 2.45) is 0 Å². The van der Waals surface area contributed by atoms with Crippen LogP contribution >= 0.6 is 0 Å². The molecule has 1 fully saturated rings. The number of rotatable bonds is 5. The molecule has 1 aromatic carbocycles. The summed E-state index contributed by atoms with van der Waals surface area (Å²) < 4.78 is 10.8. The molecular formula is C19H22N4O2. The molecule has 0 radical (unpaired) electrons. The van der Waals surface area contributed by atoms with Crippen LogP contribution in [0.2, 0.25) is 0 Å². The third-order valence-electron chi connectivity index (χ3n) is 4.85. The zero-order chi connectivity index (χ0) is 17.1. The smallest absolute Gasteiger partial charge is 0.226 e. The molecule has 25 heavy (non-hydrogen) atoms. The number of piperidine rings is 1. The second kappa shape index (κ2) is 7.11. The summed E-state index contributed by atoms with van der Waals surface area (Å²) in [6.45, 7) is 2.97. The van der Waals surface area contributed by atoms with Gasteiger partial charge in [0, 0.05) is 18.3 Å². The van der Waals surface area contributed by atoms with Crippen molar-refractivity contribution in [1.82, 2.24) is 20.1 Å². The van der Waals surface area contributed by atoms with Crippen molar-refractivity contribution in [1.29, 1.82) is 0 Å². The number of nitrogens with one attached hydrogen (secondary N) is 1. The Balaban J connectivity index is 1.35. The van der Waals surface area contributed by atoms with E-state index in [-0.39, 0.29) is 0 Å². The fourth-order valence-corrected chi connectivity index (χ4v) is 3.38.